The van der Waals surface area contributed by atoms with Gasteiger partial charge in [0.2, 0.25) is 5.91 Å². The number of rotatable bonds is 5. The summed E-state index contributed by atoms with van der Waals surface area (Å²) in [6.45, 7) is 8.55. The smallest absolute Gasteiger partial charge is 0.244 e. The van der Waals surface area contributed by atoms with Crippen molar-refractivity contribution < 1.29 is 4.79 Å². The number of likely N-dealkylation sites (N-methyl/N-ethyl adjacent to an activating group) is 1. The first-order valence-corrected chi connectivity index (χ1v) is 7.31. The van der Waals surface area contributed by atoms with Gasteiger partial charge in [0.25, 0.3) is 0 Å². The molecule has 0 radical (unpaired) electrons. The summed E-state index contributed by atoms with van der Waals surface area (Å²) in [5.41, 5.74) is 0.206. The summed E-state index contributed by atoms with van der Waals surface area (Å²) in [4.78, 5) is 19.0. The van der Waals surface area contributed by atoms with Crippen molar-refractivity contribution in [1.29, 1.82) is 0 Å². The van der Waals surface area contributed by atoms with Gasteiger partial charge in [0, 0.05) is 19.3 Å². The molecule has 1 aromatic heterocycles. The van der Waals surface area contributed by atoms with E-state index in [0.29, 0.717) is 0 Å². The number of carbonyl (C=O) groups excluding carboxylic acids is 1. The molecule has 0 unspecified atom stereocenters. The molecule has 2 N–H and O–H groups in total. The van der Waals surface area contributed by atoms with Crippen LogP contribution in [0.15, 0.2) is 18.3 Å². The number of hydrogen-bond acceptors (Lipinski definition) is 4. The first-order chi connectivity index (χ1) is 9.54. The van der Waals surface area contributed by atoms with E-state index in [1.807, 2.05) is 32.9 Å². The van der Waals surface area contributed by atoms with Crippen LogP contribution in [0, 0.1) is 0 Å². The van der Waals surface area contributed by atoms with Gasteiger partial charge in [-0.05, 0) is 45.4 Å². The van der Waals surface area contributed by atoms with Crippen LogP contribution >= 0.6 is 0 Å². The maximum Gasteiger partial charge on any atom is 0.244 e. The monoisotopic (exact) mass is 276 g/mol. The summed E-state index contributed by atoms with van der Waals surface area (Å²) in [6.07, 6.45) is 4.15. The second-order valence-electron chi connectivity index (χ2n) is 5.68. The Balaban J connectivity index is 2.15. The average Bonchev–Trinajstić information content (AvgIpc) is 2.93. The Bertz CT molecular complexity index is 467. The van der Waals surface area contributed by atoms with Gasteiger partial charge in [0.05, 0.1) is 11.2 Å². The Morgan fingerprint density at radius 1 is 1.40 bits per heavy atom. The molecule has 1 aliphatic heterocycles. The van der Waals surface area contributed by atoms with Gasteiger partial charge in [0.1, 0.15) is 0 Å². The first kappa shape index (κ1) is 14.8. The maximum atomic E-state index is 12.4. The molecule has 5 heteroatoms. The lowest BCUT2D eigenvalue weighted by Crippen LogP contribution is -2.49. The molecule has 20 heavy (non-hydrogen) atoms. The highest BCUT2D eigenvalue weighted by molar-refractivity contribution is 5.99. The summed E-state index contributed by atoms with van der Waals surface area (Å²) in [5, 5.41) is 6.19. The largest absolute Gasteiger partial charge is 0.355 e. The zero-order valence-corrected chi connectivity index (χ0v) is 12.6. The molecule has 1 aliphatic rings. The van der Waals surface area contributed by atoms with Gasteiger partial charge >= 0.3 is 0 Å². The number of pyridine rings is 1. The van der Waals surface area contributed by atoms with Crippen molar-refractivity contribution in [3.63, 3.8) is 0 Å². The lowest BCUT2D eigenvalue weighted by Gasteiger charge is -2.26. The highest BCUT2D eigenvalue weighted by Crippen LogP contribution is 2.26. The second-order valence-corrected chi connectivity index (χ2v) is 5.68. The predicted octanol–water partition coefficient (Wildman–Crippen LogP) is 2.01. The molecule has 0 bridgehead atoms. The second kappa shape index (κ2) is 6.22. The number of hydrogen-bond donors (Lipinski definition) is 2. The minimum atomic E-state index is -0.590. The third-order valence-corrected chi connectivity index (χ3v) is 3.63. The van der Waals surface area contributed by atoms with Crippen LogP contribution < -0.4 is 15.5 Å². The predicted molar refractivity (Wildman–Crippen MR) is 82.1 cm³/mol. The van der Waals surface area contributed by atoms with Crippen molar-refractivity contribution in [2.24, 2.45) is 0 Å². The molecular weight excluding hydrogens is 252 g/mol. The highest BCUT2D eigenvalue weighted by Gasteiger charge is 2.27. The Labute approximate surface area is 120 Å². The zero-order valence-electron chi connectivity index (χ0n) is 12.6. The van der Waals surface area contributed by atoms with Crippen molar-refractivity contribution in [2.45, 2.75) is 39.2 Å². The fourth-order valence-corrected chi connectivity index (χ4v) is 2.48. The molecule has 0 spiro atoms. The normalized spacial score (nSPS) is 15.4. The standard InChI is InChI=1S/C15H24N4O/c1-4-17-15(2,3)14(20)18-12-8-7-9-16-13(12)19-10-5-6-11-19/h7-9,17H,4-6,10-11H2,1-3H3,(H,18,20). The van der Waals surface area contributed by atoms with Crippen LogP contribution in [0.25, 0.3) is 0 Å². The van der Waals surface area contributed by atoms with E-state index in [1.54, 1.807) is 6.20 Å². The Morgan fingerprint density at radius 3 is 2.75 bits per heavy atom. The molecule has 2 heterocycles. The van der Waals surface area contributed by atoms with Gasteiger partial charge < -0.3 is 15.5 Å². The number of aromatic nitrogens is 1. The van der Waals surface area contributed by atoms with Gasteiger partial charge in [0.15, 0.2) is 5.82 Å². The topological polar surface area (TPSA) is 57.3 Å². The number of nitrogens with one attached hydrogen (secondary N) is 2. The molecule has 0 aromatic carbocycles. The molecular formula is C15H24N4O. The molecule has 1 amide bonds. The van der Waals surface area contributed by atoms with Crippen LogP contribution in [-0.4, -0.2) is 36.1 Å². The van der Waals surface area contributed by atoms with E-state index < -0.39 is 5.54 Å². The van der Waals surface area contributed by atoms with E-state index in [9.17, 15) is 4.79 Å². The molecule has 5 nitrogen and oxygen atoms in total. The number of amides is 1. The van der Waals surface area contributed by atoms with Crippen LogP contribution in [0.3, 0.4) is 0 Å². The van der Waals surface area contributed by atoms with Crippen LogP contribution in [-0.2, 0) is 4.79 Å². The fourth-order valence-electron chi connectivity index (χ4n) is 2.48. The van der Waals surface area contributed by atoms with Crippen molar-refractivity contribution in [3.05, 3.63) is 18.3 Å². The summed E-state index contributed by atoms with van der Waals surface area (Å²) in [5.74, 6) is 0.846. The van der Waals surface area contributed by atoms with Gasteiger partial charge in [-0.3, -0.25) is 4.79 Å². The molecule has 0 atom stereocenters. The minimum Gasteiger partial charge on any atom is -0.355 e. The lowest BCUT2D eigenvalue weighted by atomic mass is 10.0. The number of anilines is 2. The minimum absolute atomic E-state index is 0.0344. The average molecular weight is 276 g/mol. The first-order valence-electron chi connectivity index (χ1n) is 7.31. The summed E-state index contributed by atoms with van der Waals surface area (Å²) >= 11 is 0. The summed E-state index contributed by atoms with van der Waals surface area (Å²) < 4.78 is 0. The molecule has 1 aromatic rings. The van der Waals surface area contributed by atoms with Gasteiger partial charge in [-0.1, -0.05) is 6.92 Å². The zero-order chi connectivity index (χ0) is 14.6. The lowest BCUT2D eigenvalue weighted by molar-refractivity contribution is -0.121. The van der Waals surface area contributed by atoms with E-state index >= 15 is 0 Å². The number of nitrogens with zero attached hydrogens (tertiary/aromatic N) is 2. The Kier molecular flexibility index (Phi) is 4.60. The number of carbonyl (C=O) groups is 1. The fraction of sp³-hybridized carbons (Fsp3) is 0.600. The van der Waals surface area contributed by atoms with Crippen molar-refractivity contribution >= 4 is 17.4 Å². The quantitative estimate of drug-likeness (QED) is 0.864. The van der Waals surface area contributed by atoms with Crippen molar-refractivity contribution in [1.82, 2.24) is 10.3 Å². The van der Waals surface area contributed by atoms with Crippen LogP contribution in [0.1, 0.15) is 33.6 Å². The molecule has 1 saturated heterocycles. The van der Waals surface area contributed by atoms with Crippen LogP contribution in [0.5, 0.6) is 0 Å². The molecule has 0 saturated carbocycles. The van der Waals surface area contributed by atoms with Crippen LogP contribution in [0.4, 0.5) is 11.5 Å². The van der Waals surface area contributed by atoms with Crippen molar-refractivity contribution in [2.75, 3.05) is 29.9 Å². The SMILES string of the molecule is CCNC(C)(C)C(=O)Nc1cccnc1N1CCCC1. The van der Waals surface area contributed by atoms with E-state index in [2.05, 4.69) is 20.5 Å². The van der Waals surface area contributed by atoms with Gasteiger partial charge in [-0.15, -0.1) is 0 Å². The van der Waals surface area contributed by atoms with Gasteiger partial charge in [-0.25, -0.2) is 4.98 Å². The van der Waals surface area contributed by atoms with Crippen LogP contribution in [0.2, 0.25) is 0 Å². The van der Waals surface area contributed by atoms with E-state index in [-0.39, 0.29) is 5.91 Å². The molecule has 0 aliphatic carbocycles. The maximum absolute atomic E-state index is 12.4. The third kappa shape index (κ3) is 3.28. The van der Waals surface area contributed by atoms with E-state index in [4.69, 9.17) is 0 Å². The van der Waals surface area contributed by atoms with E-state index in [0.717, 1.165) is 31.1 Å². The molecule has 110 valence electrons. The highest BCUT2D eigenvalue weighted by atomic mass is 16.2. The van der Waals surface area contributed by atoms with Crippen molar-refractivity contribution in [3.8, 4) is 0 Å². The Morgan fingerprint density at radius 2 is 2.10 bits per heavy atom. The Hall–Kier alpha value is -1.62. The van der Waals surface area contributed by atoms with Gasteiger partial charge in [-0.2, -0.15) is 0 Å². The molecule has 1 fully saturated rings. The van der Waals surface area contributed by atoms with E-state index in [1.165, 1.54) is 12.8 Å². The molecule has 2 rings (SSSR count). The summed E-state index contributed by atoms with van der Waals surface area (Å²) in [6, 6.07) is 3.77. The third-order valence-electron chi connectivity index (χ3n) is 3.63. The summed E-state index contributed by atoms with van der Waals surface area (Å²) in [7, 11) is 0.